The lowest BCUT2D eigenvalue weighted by Gasteiger charge is -2.44. The molecule has 5 nitrogen and oxygen atoms in total. The first-order chi connectivity index (χ1) is 12.0. The highest BCUT2D eigenvalue weighted by atomic mass is 32.2. The molecule has 2 aliphatic heterocycles. The molecule has 0 spiro atoms. The van der Waals surface area contributed by atoms with E-state index in [-0.39, 0.29) is 6.04 Å². The lowest BCUT2D eigenvalue weighted by atomic mass is 9.90. The van der Waals surface area contributed by atoms with Crippen molar-refractivity contribution in [2.45, 2.75) is 23.6 Å². The SMILES string of the molecule is CNC1CN(C2c3ccccc3COc3ccc(S(C)(=O)=O)cc32)C1. The molecule has 0 bridgehead atoms. The summed E-state index contributed by atoms with van der Waals surface area (Å²) in [4.78, 5) is 2.71. The Hall–Kier alpha value is -1.89. The molecule has 2 heterocycles. The first-order valence-corrected chi connectivity index (χ1v) is 10.3. The number of nitrogens with one attached hydrogen (secondary N) is 1. The lowest BCUT2D eigenvalue weighted by Crippen LogP contribution is -2.58. The van der Waals surface area contributed by atoms with E-state index in [1.54, 1.807) is 18.2 Å². The Morgan fingerprint density at radius 1 is 1.12 bits per heavy atom. The predicted molar refractivity (Wildman–Crippen MR) is 96.6 cm³/mol. The van der Waals surface area contributed by atoms with Gasteiger partial charge in [-0.3, -0.25) is 4.90 Å². The van der Waals surface area contributed by atoms with Crippen LogP contribution in [0, 0.1) is 0 Å². The van der Waals surface area contributed by atoms with Gasteiger partial charge in [0.25, 0.3) is 0 Å². The molecular formula is C19H22N2O3S. The van der Waals surface area contributed by atoms with Crippen LogP contribution in [0.2, 0.25) is 0 Å². The minimum absolute atomic E-state index is 0.0139. The third kappa shape index (κ3) is 2.94. The fourth-order valence-corrected chi connectivity index (χ4v) is 4.31. The zero-order valence-electron chi connectivity index (χ0n) is 14.4. The number of ether oxygens (including phenoxy) is 1. The summed E-state index contributed by atoms with van der Waals surface area (Å²) in [6.07, 6.45) is 1.25. The highest BCUT2D eigenvalue weighted by molar-refractivity contribution is 7.90. The maximum atomic E-state index is 12.0. The molecule has 0 aromatic heterocycles. The summed E-state index contributed by atoms with van der Waals surface area (Å²) in [6.45, 7) is 2.36. The number of likely N-dealkylation sites (N-methyl/N-ethyl adjacent to an activating group) is 1. The molecule has 25 heavy (non-hydrogen) atoms. The van der Waals surface area contributed by atoms with Gasteiger partial charge in [0.05, 0.1) is 10.9 Å². The summed E-state index contributed by atoms with van der Waals surface area (Å²) in [5.74, 6) is 0.765. The Bertz CT molecular complexity index is 905. The van der Waals surface area contributed by atoms with Crippen molar-refractivity contribution < 1.29 is 13.2 Å². The summed E-state index contributed by atoms with van der Waals surface area (Å²) in [5, 5.41) is 3.30. The van der Waals surface area contributed by atoms with Gasteiger partial charge in [-0.05, 0) is 36.4 Å². The fourth-order valence-electron chi connectivity index (χ4n) is 3.66. The molecule has 0 saturated carbocycles. The van der Waals surface area contributed by atoms with Crippen molar-refractivity contribution in [3.8, 4) is 5.75 Å². The van der Waals surface area contributed by atoms with E-state index in [9.17, 15) is 8.42 Å². The molecule has 1 atom stereocenters. The Balaban J connectivity index is 1.85. The third-order valence-electron chi connectivity index (χ3n) is 5.12. The van der Waals surface area contributed by atoms with Crippen LogP contribution in [0.1, 0.15) is 22.7 Å². The summed E-state index contributed by atoms with van der Waals surface area (Å²) in [6, 6.07) is 13.9. The fraction of sp³-hybridized carbons (Fsp3) is 0.368. The standard InChI is InChI=1S/C19H22N2O3S/c1-20-14-10-21(11-14)19-16-6-4-3-5-13(16)12-24-18-8-7-15(9-17(18)19)25(2,22)23/h3-9,14,19-20H,10-12H2,1-2H3. The minimum atomic E-state index is -3.27. The molecule has 6 heteroatoms. The molecule has 2 aliphatic rings. The second-order valence-electron chi connectivity index (χ2n) is 6.80. The van der Waals surface area contributed by atoms with E-state index in [0.29, 0.717) is 17.5 Å². The second kappa shape index (κ2) is 6.12. The van der Waals surface area contributed by atoms with Gasteiger partial charge in [-0.25, -0.2) is 8.42 Å². The molecule has 1 N–H and O–H groups in total. The Morgan fingerprint density at radius 3 is 2.60 bits per heavy atom. The third-order valence-corrected chi connectivity index (χ3v) is 6.23. The number of benzene rings is 2. The van der Waals surface area contributed by atoms with E-state index < -0.39 is 9.84 Å². The van der Waals surface area contributed by atoms with Crippen LogP contribution in [0.5, 0.6) is 5.75 Å². The van der Waals surface area contributed by atoms with Gasteiger partial charge in [-0.15, -0.1) is 0 Å². The molecule has 2 aromatic rings. The van der Waals surface area contributed by atoms with Crippen molar-refractivity contribution in [3.63, 3.8) is 0 Å². The summed E-state index contributed by atoms with van der Waals surface area (Å²) >= 11 is 0. The highest BCUT2D eigenvalue weighted by Crippen LogP contribution is 2.42. The number of fused-ring (bicyclic) bond motifs is 2. The average Bonchev–Trinajstić information content (AvgIpc) is 2.70. The topological polar surface area (TPSA) is 58.6 Å². The van der Waals surface area contributed by atoms with Crippen LogP contribution < -0.4 is 10.1 Å². The van der Waals surface area contributed by atoms with E-state index in [0.717, 1.165) is 30.0 Å². The maximum absolute atomic E-state index is 12.0. The quantitative estimate of drug-likeness (QED) is 0.909. The number of hydrogen-bond acceptors (Lipinski definition) is 5. The van der Waals surface area contributed by atoms with Crippen molar-refractivity contribution >= 4 is 9.84 Å². The number of rotatable bonds is 3. The molecule has 2 aromatic carbocycles. The number of hydrogen-bond donors (Lipinski definition) is 1. The normalized spacial score (nSPS) is 20.8. The zero-order chi connectivity index (χ0) is 17.6. The van der Waals surface area contributed by atoms with Crippen LogP contribution in [0.15, 0.2) is 47.4 Å². The molecule has 0 amide bonds. The van der Waals surface area contributed by atoms with E-state index >= 15 is 0 Å². The smallest absolute Gasteiger partial charge is 0.175 e. The zero-order valence-corrected chi connectivity index (χ0v) is 15.2. The van der Waals surface area contributed by atoms with Gasteiger partial charge >= 0.3 is 0 Å². The van der Waals surface area contributed by atoms with E-state index in [4.69, 9.17) is 4.74 Å². The van der Waals surface area contributed by atoms with E-state index in [1.807, 2.05) is 19.2 Å². The van der Waals surface area contributed by atoms with Crippen LogP contribution in [0.3, 0.4) is 0 Å². The Morgan fingerprint density at radius 2 is 1.88 bits per heavy atom. The summed E-state index contributed by atoms with van der Waals surface area (Å²) in [7, 11) is -1.29. The van der Waals surface area contributed by atoms with Crippen molar-refractivity contribution in [2.75, 3.05) is 26.4 Å². The molecule has 1 fully saturated rings. The molecule has 1 unspecified atom stereocenters. The van der Waals surface area contributed by atoms with Crippen LogP contribution in [-0.2, 0) is 16.4 Å². The monoisotopic (exact) mass is 358 g/mol. The largest absolute Gasteiger partial charge is 0.489 e. The Kier molecular flexibility index (Phi) is 4.06. The van der Waals surface area contributed by atoms with E-state index in [1.165, 1.54) is 11.8 Å². The van der Waals surface area contributed by atoms with Gasteiger partial charge in [-0.1, -0.05) is 24.3 Å². The van der Waals surface area contributed by atoms with E-state index in [2.05, 4.69) is 22.3 Å². The molecule has 4 rings (SSSR count). The van der Waals surface area contributed by atoms with Crippen LogP contribution in [0.4, 0.5) is 0 Å². The van der Waals surface area contributed by atoms with Gasteiger partial charge in [-0.2, -0.15) is 0 Å². The molecule has 0 radical (unpaired) electrons. The molecule has 1 saturated heterocycles. The first-order valence-electron chi connectivity index (χ1n) is 8.43. The van der Waals surface area contributed by atoms with Crippen molar-refractivity contribution in [2.24, 2.45) is 0 Å². The number of likely N-dealkylation sites (tertiary alicyclic amines) is 1. The van der Waals surface area contributed by atoms with Crippen molar-refractivity contribution in [1.29, 1.82) is 0 Å². The van der Waals surface area contributed by atoms with Gasteiger partial charge in [0.2, 0.25) is 0 Å². The predicted octanol–water partition coefficient (Wildman–Crippen LogP) is 1.98. The molecule has 0 aliphatic carbocycles. The minimum Gasteiger partial charge on any atom is -0.489 e. The number of sulfone groups is 1. The first kappa shape index (κ1) is 16.6. The van der Waals surface area contributed by atoms with Crippen LogP contribution in [-0.4, -0.2) is 45.8 Å². The number of nitrogens with zero attached hydrogens (tertiary/aromatic N) is 1. The summed E-state index contributed by atoms with van der Waals surface area (Å²) < 4.78 is 30.1. The highest BCUT2D eigenvalue weighted by Gasteiger charge is 2.37. The Labute approximate surface area is 148 Å². The molecule has 132 valence electrons. The van der Waals surface area contributed by atoms with Crippen LogP contribution >= 0.6 is 0 Å². The van der Waals surface area contributed by atoms with Crippen molar-refractivity contribution in [1.82, 2.24) is 10.2 Å². The van der Waals surface area contributed by atoms with Gasteiger partial charge in [0, 0.05) is 31.0 Å². The van der Waals surface area contributed by atoms with Gasteiger partial charge < -0.3 is 10.1 Å². The summed E-state index contributed by atoms with van der Waals surface area (Å²) in [5.41, 5.74) is 3.28. The average molecular weight is 358 g/mol. The lowest BCUT2D eigenvalue weighted by molar-refractivity contribution is 0.0972. The van der Waals surface area contributed by atoms with Crippen LogP contribution in [0.25, 0.3) is 0 Å². The van der Waals surface area contributed by atoms with Gasteiger partial charge in [0.15, 0.2) is 9.84 Å². The molecular weight excluding hydrogens is 336 g/mol. The van der Waals surface area contributed by atoms with Gasteiger partial charge in [0.1, 0.15) is 12.4 Å². The maximum Gasteiger partial charge on any atom is 0.175 e. The second-order valence-corrected chi connectivity index (χ2v) is 8.82. The van der Waals surface area contributed by atoms with Crippen molar-refractivity contribution in [3.05, 3.63) is 59.2 Å².